The predicted molar refractivity (Wildman–Crippen MR) is 49.9 cm³/mol. The zero-order valence-corrected chi connectivity index (χ0v) is 7.63. The monoisotopic (exact) mass is 183 g/mol. The van der Waals surface area contributed by atoms with Crippen LogP contribution in [0.1, 0.15) is 31.4 Å². The second-order valence-electron chi connectivity index (χ2n) is 3.10. The third kappa shape index (κ3) is 2.42. The molecule has 3 N–H and O–H groups in total. The first-order valence-electron chi connectivity index (χ1n) is 4.39. The Morgan fingerprint density at radius 1 is 1.54 bits per heavy atom. The smallest absolute Gasteiger partial charge is 0.128 e. The average Bonchev–Trinajstić information content (AvgIpc) is 2.09. The minimum atomic E-state index is -0.348. The molecule has 0 heterocycles. The van der Waals surface area contributed by atoms with Crippen LogP contribution in [0.5, 0.6) is 5.75 Å². The van der Waals surface area contributed by atoms with E-state index in [1.165, 1.54) is 18.2 Å². The third-order valence-corrected chi connectivity index (χ3v) is 1.98. The molecule has 3 heteroatoms. The molecular weight excluding hydrogens is 169 g/mol. The molecule has 0 saturated carbocycles. The standard InChI is InChI=1S/C10H14FNO/c1-2-3-10(12)8-6-7(13)4-5-9(8)11/h4-6,10,13H,2-3,12H2,1H3/t10-/m1/s1. The number of nitrogens with two attached hydrogens (primary N) is 1. The van der Waals surface area contributed by atoms with E-state index in [4.69, 9.17) is 10.8 Å². The topological polar surface area (TPSA) is 46.2 Å². The van der Waals surface area contributed by atoms with Crippen LogP contribution < -0.4 is 5.73 Å². The fourth-order valence-corrected chi connectivity index (χ4v) is 1.28. The lowest BCUT2D eigenvalue weighted by molar-refractivity contribution is 0.468. The highest BCUT2D eigenvalue weighted by atomic mass is 19.1. The maximum absolute atomic E-state index is 13.2. The molecule has 0 spiro atoms. The number of halogens is 1. The molecule has 2 nitrogen and oxygen atoms in total. The highest BCUT2D eigenvalue weighted by Gasteiger charge is 2.10. The highest BCUT2D eigenvalue weighted by Crippen LogP contribution is 2.22. The van der Waals surface area contributed by atoms with Crippen molar-refractivity contribution in [2.75, 3.05) is 0 Å². The lowest BCUT2D eigenvalue weighted by Gasteiger charge is -2.11. The predicted octanol–water partition coefficient (Wildman–Crippen LogP) is 2.33. The molecule has 1 aromatic carbocycles. The van der Waals surface area contributed by atoms with Gasteiger partial charge in [0.25, 0.3) is 0 Å². The minimum Gasteiger partial charge on any atom is -0.508 e. The molecule has 0 amide bonds. The lowest BCUT2D eigenvalue weighted by atomic mass is 10.0. The number of phenols is 1. The van der Waals surface area contributed by atoms with E-state index in [9.17, 15) is 4.39 Å². The lowest BCUT2D eigenvalue weighted by Crippen LogP contribution is -2.11. The van der Waals surface area contributed by atoms with Gasteiger partial charge in [0.2, 0.25) is 0 Å². The molecule has 0 unspecified atom stereocenters. The molecule has 13 heavy (non-hydrogen) atoms. The van der Waals surface area contributed by atoms with Gasteiger partial charge in [-0.05, 0) is 24.6 Å². The quantitative estimate of drug-likeness (QED) is 0.755. The summed E-state index contributed by atoms with van der Waals surface area (Å²) in [6, 6.07) is 3.62. The minimum absolute atomic E-state index is 0.0583. The molecule has 0 aromatic heterocycles. The summed E-state index contributed by atoms with van der Waals surface area (Å²) >= 11 is 0. The van der Waals surface area contributed by atoms with Crippen molar-refractivity contribution in [3.05, 3.63) is 29.6 Å². The summed E-state index contributed by atoms with van der Waals surface area (Å²) in [5.41, 5.74) is 6.11. The maximum Gasteiger partial charge on any atom is 0.128 e. The van der Waals surface area contributed by atoms with Crippen molar-refractivity contribution in [2.24, 2.45) is 5.73 Å². The first-order valence-corrected chi connectivity index (χ1v) is 4.39. The van der Waals surface area contributed by atoms with Gasteiger partial charge < -0.3 is 10.8 Å². The molecule has 0 aliphatic heterocycles. The molecule has 1 aromatic rings. The van der Waals surface area contributed by atoms with E-state index in [1.54, 1.807) is 0 Å². The van der Waals surface area contributed by atoms with Crippen molar-refractivity contribution >= 4 is 0 Å². The molecule has 1 rings (SSSR count). The maximum atomic E-state index is 13.2. The van der Waals surface area contributed by atoms with Crippen molar-refractivity contribution in [1.29, 1.82) is 0 Å². The van der Waals surface area contributed by atoms with Crippen LogP contribution in [0.15, 0.2) is 18.2 Å². The van der Waals surface area contributed by atoms with Crippen molar-refractivity contribution in [1.82, 2.24) is 0 Å². The average molecular weight is 183 g/mol. The van der Waals surface area contributed by atoms with Gasteiger partial charge in [0.1, 0.15) is 11.6 Å². The van der Waals surface area contributed by atoms with E-state index in [0.717, 1.165) is 12.8 Å². The molecule has 72 valence electrons. The Kier molecular flexibility index (Phi) is 3.25. The molecule has 0 aliphatic rings. The van der Waals surface area contributed by atoms with Gasteiger partial charge in [-0.3, -0.25) is 0 Å². The molecule has 0 fully saturated rings. The Hall–Kier alpha value is -1.09. The van der Waals surface area contributed by atoms with Crippen LogP contribution in [0.3, 0.4) is 0 Å². The van der Waals surface area contributed by atoms with Crippen molar-refractivity contribution < 1.29 is 9.50 Å². The first-order chi connectivity index (χ1) is 6.15. The van der Waals surface area contributed by atoms with Gasteiger partial charge in [-0.15, -0.1) is 0 Å². The van der Waals surface area contributed by atoms with Gasteiger partial charge in [-0.25, -0.2) is 4.39 Å². The second-order valence-corrected chi connectivity index (χ2v) is 3.10. The van der Waals surface area contributed by atoms with Crippen LogP contribution in [0.4, 0.5) is 4.39 Å². The summed E-state index contributed by atoms with van der Waals surface area (Å²) in [7, 11) is 0. The summed E-state index contributed by atoms with van der Waals surface area (Å²) in [6.45, 7) is 1.99. The number of aromatic hydroxyl groups is 1. The second kappa shape index (κ2) is 4.23. The van der Waals surface area contributed by atoms with Crippen LogP contribution >= 0.6 is 0 Å². The molecule has 0 bridgehead atoms. The summed E-state index contributed by atoms with van der Waals surface area (Å²) in [5.74, 6) is -0.290. The molecule has 0 aliphatic carbocycles. The fourth-order valence-electron chi connectivity index (χ4n) is 1.28. The van der Waals surface area contributed by atoms with E-state index in [2.05, 4.69) is 0 Å². The Balaban J connectivity index is 2.91. The van der Waals surface area contributed by atoms with Gasteiger partial charge in [0.15, 0.2) is 0 Å². The zero-order valence-electron chi connectivity index (χ0n) is 7.63. The summed E-state index contributed by atoms with van der Waals surface area (Å²) in [4.78, 5) is 0. The Morgan fingerprint density at radius 3 is 2.85 bits per heavy atom. The SMILES string of the molecule is CCC[C@@H](N)c1cc(O)ccc1F. The Bertz CT molecular complexity index is 288. The van der Waals surface area contributed by atoms with E-state index < -0.39 is 0 Å². The van der Waals surface area contributed by atoms with E-state index in [0.29, 0.717) is 5.56 Å². The Morgan fingerprint density at radius 2 is 2.23 bits per heavy atom. The number of rotatable bonds is 3. The van der Waals surface area contributed by atoms with Crippen molar-refractivity contribution in [3.63, 3.8) is 0 Å². The molecular formula is C10H14FNO. The van der Waals surface area contributed by atoms with Gasteiger partial charge >= 0.3 is 0 Å². The highest BCUT2D eigenvalue weighted by molar-refractivity contribution is 5.30. The molecule has 1 atom stereocenters. The van der Waals surface area contributed by atoms with Crippen LogP contribution in [0, 0.1) is 5.82 Å². The first kappa shape index (κ1) is 9.99. The Labute approximate surface area is 77.2 Å². The van der Waals surface area contributed by atoms with E-state index >= 15 is 0 Å². The molecule has 0 saturated heterocycles. The number of phenolic OH excluding ortho intramolecular Hbond substituents is 1. The van der Waals surface area contributed by atoms with Crippen LogP contribution in [0.25, 0.3) is 0 Å². The normalized spacial score (nSPS) is 12.8. The number of hydrogen-bond acceptors (Lipinski definition) is 2. The molecule has 0 radical (unpaired) electrons. The largest absolute Gasteiger partial charge is 0.508 e. The van der Waals surface area contributed by atoms with Gasteiger partial charge in [0.05, 0.1) is 0 Å². The van der Waals surface area contributed by atoms with Crippen molar-refractivity contribution in [3.8, 4) is 5.75 Å². The van der Waals surface area contributed by atoms with Crippen LogP contribution in [-0.2, 0) is 0 Å². The van der Waals surface area contributed by atoms with E-state index in [-0.39, 0.29) is 17.6 Å². The number of hydrogen-bond donors (Lipinski definition) is 2. The zero-order chi connectivity index (χ0) is 9.84. The summed E-state index contributed by atoms with van der Waals surface area (Å²) in [5, 5.41) is 9.13. The van der Waals surface area contributed by atoms with Crippen molar-refractivity contribution in [2.45, 2.75) is 25.8 Å². The summed E-state index contributed by atoms with van der Waals surface area (Å²) in [6.07, 6.45) is 1.62. The number of benzene rings is 1. The fraction of sp³-hybridized carbons (Fsp3) is 0.400. The van der Waals surface area contributed by atoms with Crippen LogP contribution in [0.2, 0.25) is 0 Å². The van der Waals surface area contributed by atoms with Gasteiger partial charge in [-0.1, -0.05) is 13.3 Å². The van der Waals surface area contributed by atoms with Gasteiger partial charge in [0, 0.05) is 11.6 Å². The van der Waals surface area contributed by atoms with Gasteiger partial charge in [-0.2, -0.15) is 0 Å². The van der Waals surface area contributed by atoms with E-state index in [1.807, 2.05) is 6.92 Å². The summed E-state index contributed by atoms with van der Waals surface area (Å²) < 4.78 is 13.2. The van der Waals surface area contributed by atoms with Crippen LogP contribution in [-0.4, -0.2) is 5.11 Å². The third-order valence-electron chi connectivity index (χ3n) is 1.98.